The van der Waals surface area contributed by atoms with E-state index < -0.39 is 0 Å². The minimum Gasteiger partial charge on any atom is -0.295 e. The smallest absolute Gasteiger partial charge is 0.137 e. The number of pyridine rings is 1. The van der Waals surface area contributed by atoms with Crippen molar-refractivity contribution in [1.29, 1.82) is 0 Å². The molecular weight excluding hydrogens is 280 g/mol. The SMILES string of the molecule is c1ccc(N(c2ccc3ccccc3c2)c2ccccn2)cc1. The molecule has 0 spiro atoms. The Morgan fingerprint density at radius 2 is 1.30 bits per heavy atom. The first-order chi connectivity index (χ1) is 11.4. The van der Waals surface area contributed by atoms with Crippen LogP contribution in [0.1, 0.15) is 0 Å². The molecule has 2 nitrogen and oxygen atoms in total. The second-order valence-corrected chi connectivity index (χ2v) is 5.39. The number of aromatic nitrogens is 1. The van der Waals surface area contributed by atoms with Gasteiger partial charge in [0.25, 0.3) is 0 Å². The number of nitrogens with zero attached hydrogens (tertiary/aromatic N) is 2. The molecule has 1 heterocycles. The first-order valence-electron chi connectivity index (χ1n) is 7.67. The molecule has 3 aromatic carbocycles. The van der Waals surface area contributed by atoms with Crippen LogP contribution in [0, 0.1) is 0 Å². The van der Waals surface area contributed by atoms with Crippen molar-refractivity contribution in [2.45, 2.75) is 0 Å². The molecule has 1 aromatic heterocycles. The molecule has 0 N–H and O–H groups in total. The highest BCUT2D eigenvalue weighted by Gasteiger charge is 2.13. The fourth-order valence-corrected chi connectivity index (χ4v) is 2.79. The van der Waals surface area contributed by atoms with E-state index in [0.29, 0.717) is 0 Å². The van der Waals surface area contributed by atoms with E-state index in [9.17, 15) is 0 Å². The lowest BCUT2D eigenvalue weighted by atomic mass is 10.1. The van der Waals surface area contributed by atoms with Crippen LogP contribution in [0.5, 0.6) is 0 Å². The van der Waals surface area contributed by atoms with Gasteiger partial charge in [-0.05, 0) is 47.2 Å². The third-order valence-electron chi connectivity index (χ3n) is 3.88. The lowest BCUT2D eigenvalue weighted by Gasteiger charge is -2.24. The van der Waals surface area contributed by atoms with Crippen molar-refractivity contribution in [3.8, 4) is 0 Å². The molecule has 0 aliphatic heterocycles. The Hall–Kier alpha value is -3.13. The zero-order valence-corrected chi connectivity index (χ0v) is 12.6. The molecule has 4 aromatic rings. The maximum atomic E-state index is 4.54. The molecule has 0 unspecified atom stereocenters. The molecule has 0 saturated heterocycles. The number of fused-ring (bicyclic) bond motifs is 1. The largest absolute Gasteiger partial charge is 0.295 e. The number of anilines is 3. The van der Waals surface area contributed by atoms with Crippen LogP contribution < -0.4 is 4.90 Å². The van der Waals surface area contributed by atoms with Crippen LogP contribution in [-0.2, 0) is 0 Å². The van der Waals surface area contributed by atoms with E-state index in [4.69, 9.17) is 0 Å². The lowest BCUT2D eigenvalue weighted by molar-refractivity contribution is 1.18. The number of para-hydroxylation sites is 1. The maximum absolute atomic E-state index is 4.54. The van der Waals surface area contributed by atoms with Crippen LogP contribution in [-0.4, -0.2) is 4.98 Å². The molecule has 0 atom stereocenters. The minimum atomic E-state index is 0.911. The fraction of sp³-hybridized carbons (Fsp3) is 0. The van der Waals surface area contributed by atoms with Gasteiger partial charge in [0.15, 0.2) is 0 Å². The van der Waals surface area contributed by atoms with Crippen molar-refractivity contribution >= 4 is 28.0 Å². The van der Waals surface area contributed by atoms with Gasteiger partial charge in [0.05, 0.1) is 0 Å². The molecule has 2 heteroatoms. The van der Waals surface area contributed by atoms with E-state index in [1.54, 1.807) is 0 Å². The number of hydrogen-bond acceptors (Lipinski definition) is 2. The predicted molar refractivity (Wildman–Crippen MR) is 96.4 cm³/mol. The molecule has 0 aliphatic rings. The van der Waals surface area contributed by atoms with E-state index in [1.165, 1.54) is 10.8 Å². The summed E-state index contributed by atoms with van der Waals surface area (Å²) >= 11 is 0. The molecule has 0 bridgehead atoms. The van der Waals surface area contributed by atoms with Gasteiger partial charge in [-0.2, -0.15) is 0 Å². The molecule has 0 amide bonds. The normalized spacial score (nSPS) is 10.6. The van der Waals surface area contributed by atoms with E-state index in [2.05, 4.69) is 64.5 Å². The third-order valence-corrected chi connectivity index (χ3v) is 3.88. The summed E-state index contributed by atoms with van der Waals surface area (Å²) in [5.41, 5.74) is 2.20. The summed E-state index contributed by atoms with van der Waals surface area (Å²) in [5, 5.41) is 2.46. The molecule has 0 radical (unpaired) electrons. The van der Waals surface area contributed by atoms with E-state index in [1.807, 2.05) is 42.6 Å². The van der Waals surface area contributed by atoms with E-state index in [-0.39, 0.29) is 0 Å². The van der Waals surface area contributed by atoms with E-state index >= 15 is 0 Å². The van der Waals surface area contributed by atoms with Gasteiger partial charge in [-0.15, -0.1) is 0 Å². The average Bonchev–Trinajstić information content (AvgIpc) is 2.64. The molecule has 23 heavy (non-hydrogen) atoms. The molecule has 0 aliphatic carbocycles. The van der Waals surface area contributed by atoms with Gasteiger partial charge in [-0.1, -0.05) is 54.6 Å². The Bertz CT molecular complexity index is 878. The zero-order chi connectivity index (χ0) is 15.5. The van der Waals surface area contributed by atoms with Crippen LogP contribution >= 0.6 is 0 Å². The van der Waals surface area contributed by atoms with Crippen molar-refractivity contribution < 1.29 is 0 Å². The quantitative estimate of drug-likeness (QED) is 0.482. The summed E-state index contributed by atoms with van der Waals surface area (Å²) in [7, 11) is 0. The summed E-state index contributed by atoms with van der Waals surface area (Å²) in [5.74, 6) is 0.911. The van der Waals surface area contributed by atoms with Gasteiger partial charge in [-0.3, -0.25) is 4.90 Å². The van der Waals surface area contributed by atoms with Crippen molar-refractivity contribution in [3.05, 3.63) is 97.2 Å². The predicted octanol–water partition coefficient (Wildman–Crippen LogP) is 5.70. The van der Waals surface area contributed by atoms with Crippen molar-refractivity contribution in [2.75, 3.05) is 4.90 Å². The highest BCUT2D eigenvalue weighted by molar-refractivity contribution is 5.88. The zero-order valence-electron chi connectivity index (χ0n) is 12.6. The Kier molecular flexibility index (Phi) is 3.49. The maximum Gasteiger partial charge on any atom is 0.137 e. The Labute approximate surface area is 135 Å². The number of rotatable bonds is 3. The first-order valence-corrected chi connectivity index (χ1v) is 7.67. The summed E-state index contributed by atoms with van der Waals surface area (Å²) in [6.07, 6.45) is 1.83. The highest BCUT2D eigenvalue weighted by Crippen LogP contribution is 2.34. The fourth-order valence-electron chi connectivity index (χ4n) is 2.79. The Morgan fingerprint density at radius 3 is 2.09 bits per heavy atom. The number of hydrogen-bond donors (Lipinski definition) is 0. The van der Waals surface area contributed by atoms with Crippen LogP contribution in [0.2, 0.25) is 0 Å². The lowest BCUT2D eigenvalue weighted by Crippen LogP contribution is -2.11. The van der Waals surface area contributed by atoms with Crippen LogP contribution in [0.15, 0.2) is 97.2 Å². The molecule has 0 fully saturated rings. The molecular formula is C21H16N2. The van der Waals surface area contributed by atoms with E-state index in [0.717, 1.165) is 17.2 Å². The monoisotopic (exact) mass is 296 g/mol. The van der Waals surface area contributed by atoms with Crippen LogP contribution in [0.25, 0.3) is 10.8 Å². The molecule has 110 valence electrons. The second kappa shape index (κ2) is 5.93. The molecule has 0 saturated carbocycles. The Morgan fingerprint density at radius 1 is 0.565 bits per heavy atom. The van der Waals surface area contributed by atoms with Gasteiger partial charge in [0, 0.05) is 17.6 Å². The second-order valence-electron chi connectivity index (χ2n) is 5.39. The summed E-state index contributed by atoms with van der Waals surface area (Å²) in [4.78, 5) is 6.71. The summed E-state index contributed by atoms with van der Waals surface area (Å²) < 4.78 is 0. The van der Waals surface area contributed by atoms with Gasteiger partial charge < -0.3 is 0 Å². The van der Waals surface area contributed by atoms with Crippen LogP contribution in [0.4, 0.5) is 17.2 Å². The highest BCUT2D eigenvalue weighted by atomic mass is 15.2. The minimum absolute atomic E-state index is 0.911. The van der Waals surface area contributed by atoms with Crippen LogP contribution in [0.3, 0.4) is 0 Å². The third kappa shape index (κ3) is 2.67. The van der Waals surface area contributed by atoms with Gasteiger partial charge >= 0.3 is 0 Å². The van der Waals surface area contributed by atoms with Crippen molar-refractivity contribution in [1.82, 2.24) is 4.98 Å². The van der Waals surface area contributed by atoms with Gasteiger partial charge in [0.1, 0.15) is 5.82 Å². The number of benzene rings is 3. The van der Waals surface area contributed by atoms with Crippen molar-refractivity contribution in [3.63, 3.8) is 0 Å². The van der Waals surface area contributed by atoms with Crippen molar-refractivity contribution in [2.24, 2.45) is 0 Å². The summed E-state index contributed by atoms with van der Waals surface area (Å²) in [6.45, 7) is 0. The van der Waals surface area contributed by atoms with Gasteiger partial charge in [0.2, 0.25) is 0 Å². The summed E-state index contributed by atoms with van der Waals surface area (Å²) in [6, 6.07) is 31.2. The van der Waals surface area contributed by atoms with Gasteiger partial charge in [-0.25, -0.2) is 4.98 Å². The molecule has 4 rings (SSSR count). The standard InChI is InChI=1S/C21H16N2/c1-2-10-19(11-3-1)23(21-12-6-7-15-22-21)20-14-13-17-8-4-5-9-18(17)16-20/h1-16H. The average molecular weight is 296 g/mol. The first kappa shape index (κ1) is 13.5. The Balaban J connectivity index is 1.90. The topological polar surface area (TPSA) is 16.1 Å².